The van der Waals surface area contributed by atoms with Gasteiger partial charge in [0.25, 0.3) is 5.91 Å². The minimum Gasteiger partial charge on any atom is -0.398 e. The summed E-state index contributed by atoms with van der Waals surface area (Å²) in [6, 6.07) is 7.59. The Labute approximate surface area is 125 Å². The highest BCUT2D eigenvalue weighted by atomic mass is 79.9. The summed E-state index contributed by atoms with van der Waals surface area (Å²) < 4.78 is 13.8. The first-order valence-corrected chi connectivity index (χ1v) is 6.81. The Morgan fingerprint density at radius 3 is 2.55 bits per heavy atom. The average Bonchev–Trinajstić information content (AvgIpc) is 2.33. The SMILES string of the molecule is Cc1cc(C)c(NC(=O)c2ccc(F)cc2N)c(Br)c1. The van der Waals surface area contributed by atoms with Gasteiger partial charge in [-0.3, -0.25) is 4.79 Å². The van der Waals surface area contributed by atoms with E-state index >= 15 is 0 Å². The van der Waals surface area contributed by atoms with Crippen LogP contribution in [0.5, 0.6) is 0 Å². The van der Waals surface area contributed by atoms with E-state index in [4.69, 9.17) is 5.73 Å². The van der Waals surface area contributed by atoms with Crippen LogP contribution in [0.3, 0.4) is 0 Å². The lowest BCUT2D eigenvalue weighted by Gasteiger charge is -2.12. The molecule has 1 amide bonds. The third kappa shape index (κ3) is 2.99. The molecule has 0 spiro atoms. The van der Waals surface area contributed by atoms with Crippen LogP contribution in [0, 0.1) is 19.7 Å². The summed E-state index contributed by atoms with van der Waals surface area (Å²) in [4.78, 5) is 12.2. The molecular weight excluding hydrogens is 323 g/mol. The van der Waals surface area contributed by atoms with E-state index in [1.165, 1.54) is 12.1 Å². The number of aryl methyl sites for hydroxylation is 2. The number of nitrogens with one attached hydrogen (secondary N) is 1. The molecule has 0 saturated heterocycles. The molecule has 0 unspecified atom stereocenters. The van der Waals surface area contributed by atoms with Crippen molar-refractivity contribution in [1.82, 2.24) is 0 Å². The van der Waals surface area contributed by atoms with Crippen molar-refractivity contribution in [3.05, 3.63) is 57.3 Å². The van der Waals surface area contributed by atoms with Crippen LogP contribution < -0.4 is 11.1 Å². The number of hydrogen-bond donors (Lipinski definition) is 2. The number of carbonyl (C=O) groups excluding carboxylic acids is 1. The highest BCUT2D eigenvalue weighted by Gasteiger charge is 2.13. The molecular formula is C15H14BrFN2O. The minimum atomic E-state index is -0.466. The Hall–Kier alpha value is -1.88. The Bertz CT molecular complexity index is 663. The molecule has 104 valence electrons. The molecule has 2 rings (SSSR count). The van der Waals surface area contributed by atoms with Gasteiger partial charge in [0.05, 0.1) is 11.3 Å². The molecule has 0 saturated carbocycles. The normalized spacial score (nSPS) is 10.4. The Balaban J connectivity index is 2.33. The predicted molar refractivity (Wildman–Crippen MR) is 82.4 cm³/mol. The number of rotatable bonds is 2. The summed E-state index contributed by atoms with van der Waals surface area (Å²) in [5.41, 5.74) is 8.74. The summed E-state index contributed by atoms with van der Waals surface area (Å²) in [6.45, 7) is 3.88. The van der Waals surface area contributed by atoms with Gasteiger partial charge in [0.2, 0.25) is 0 Å². The molecule has 0 radical (unpaired) electrons. The molecule has 2 aromatic carbocycles. The standard InChI is InChI=1S/C15H14BrFN2O/c1-8-5-9(2)14(12(16)6-8)19-15(20)11-4-3-10(17)7-13(11)18/h3-7H,18H2,1-2H3,(H,19,20). The lowest BCUT2D eigenvalue weighted by molar-refractivity contribution is 0.102. The lowest BCUT2D eigenvalue weighted by Crippen LogP contribution is -2.15. The first-order chi connectivity index (χ1) is 9.38. The van der Waals surface area contributed by atoms with Gasteiger partial charge in [-0.15, -0.1) is 0 Å². The molecule has 0 aliphatic heterocycles. The fourth-order valence-corrected chi connectivity index (χ4v) is 2.77. The number of benzene rings is 2. The lowest BCUT2D eigenvalue weighted by atomic mass is 10.1. The van der Waals surface area contributed by atoms with Crippen LogP contribution >= 0.6 is 15.9 Å². The van der Waals surface area contributed by atoms with Gasteiger partial charge in [-0.2, -0.15) is 0 Å². The number of halogens is 2. The van der Waals surface area contributed by atoms with Crippen molar-refractivity contribution in [2.75, 3.05) is 11.1 Å². The van der Waals surface area contributed by atoms with Crippen molar-refractivity contribution in [1.29, 1.82) is 0 Å². The molecule has 5 heteroatoms. The first kappa shape index (κ1) is 14.5. The summed E-state index contributed by atoms with van der Waals surface area (Å²) in [7, 11) is 0. The molecule has 2 aromatic rings. The Kier molecular flexibility index (Phi) is 4.09. The highest BCUT2D eigenvalue weighted by Crippen LogP contribution is 2.28. The second kappa shape index (κ2) is 5.63. The van der Waals surface area contributed by atoms with E-state index in [9.17, 15) is 9.18 Å². The summed E-state index contributed by atoms with van der Waals surface area (Å²) >= 11 is 3.42. The van der Waals surface area contributed by atoms with Crippen LogP contribution in [-0.2, 0) is 0 Å². The summed E-state index contributed by atoms with van der Waals surface area (Å²) in [5, 5.41) is 2.79. The maximum absolute atomic E-state index is 13.0. The summed E-state index contributed by atoms with van der Waals surface area (Å²) in [6.07, 6.45) is 0. The summed E-state index contributed by atoms with van der Waals surface area (Å²) in [5.74, 6) is -0.832. The molecule has 0 atom stereocenters. The third-order valence-electron chi connectivity index (χ3n) is 2.93. The predicted octanol–water partition coefficient (Wildman–Crippen LogP) is 4.04. The molecule has 0 aliphatic rings. The van der Waals surface area contributed by atoms with E-state index in [-0.39, 0.29) is 17.2 Å². The zero-order chi connectivity index (χ0) is 14.9. The molecule has 3 N–H and O–H groups in total. The molecule has 0 aliphatic carbocycles. The van der Waals surface area contributed by atoms with Gasteiger partial charge < -0.3 is 11.1 Å². The Morgan fingerprint density at radius 1 is 1.25 bits per heavy atom. The Morgan fingerprint density at radius 2 is 1.95 bits per heavy atom. The quantitative estimate of drug-likeness (QED) is 0.813. The van der Waals surface area contributed by atoms with Gasteiger partial charge >= 0.3 is 0 Å². The van der Waals surface area contributed by atoms with Gasteiger partial charge in [0, 0.05) is 10.2 Å². The maximum Gasteiger partial charge on any atom is 0.257 e. The largest absolute Gasteiger partial charge is 0.398 e. The van der Waals surface area contributed by atoms with Crippen molar-refractivity contribution in [3.8, 4) is 0 Å². The van der Waals surface area contributed by atoms with E-state index < -0.39 is 5.82 Å². The average molecular weight is 337 g/mol. The second-order valence-corrected chi connectivity index (χ2v) is 5.48. The zero-order valence-electron chi connectivity index (χ0n) is 11.1. The molecule has 20 heavy (non-hydrogen) atoms. The van der Waals surface area contributed by atoms with Crippen molar-refractivity contribution < 1.29 is 9.18 Å². The van der Waals surface area contributed by atoms with Crippen LogP contribution in [0.15, 0.2) is 34.8 Å². The monoisotopic (exact) mass is 336 g/mol. The van der Waals surface area contributed by atoms with Crippen LogP contribution in [0.2, 0.25) is 0 Å². The van der Waals surface area contributed by atoms with Crippen LogP contribution in [0.25, 0.3) is 0 Å². The molecule has 0 bridgehead atoms. The number of carbonyl (C=O) groups is 1. The fourth-order valence-electron chi connectivity index (χ4n) is 2.00. The van der Waals surface area contributed by atoms with E-state index in [0.29, 0.717) is 5.69 Å². The van der Waals surface area contributed by atoms with Gasteiger partial charge in [0.1, 0.15) is 5.82 Å². The van der Waals surface area contributed by atoms with Crippen molar-refractivity contribution >= 4 is 33.2 Å². The van der Waals surface area contributed by atoms with Crippen LogP contribution in [-0.4, -0.2) is 5.91 Å². The third-order valence-corrected chi connectivity index (χ3v) is 3.55. The first-order valence-electron chi connectivity index (χ1n) is 6.01. The van der Waals surface area contributed by atoms with Gasteiger partial charge in [0.15, 0.2) is 0 Å². The zero-order valence-corrected chi connectivity index (χ0v) is 12.7. The van der Waals surface area contributed by atoms with Crippen molar-refractivity contribution in [2.45, 2.75) is 13.8 Å². The van der Waals surface area contributed by atoms with E-state index in [1.54, 1.807) is 0 Å². The number of anilines is 2. The van der Waals surface area contributed by atoms with E-state index in [1.807, 2.05) is 26.0 Å². The van der Waals surface area contributed by atoms with Crippen LogP contribution in [0.4, 0.5) is 15.8 Å². The number of amides is 1. The fraction of sp³-hybridized carbons (Fsp3) is 0.133. The van der Waals surface area contributed by atoms with Crippen molar-refractivity contribution in [3.63, 3.8) is 0 Å². The number of nitrogen functional groups attached to an aromatic ring is 1. The van der Waals surface area contributed by atoms with Gasteiger partial charge in [-0.05, 0) is 65.2 Å². The highest BCUT2D eigenvalue weighted by molar-refractivity contribution is 9.10. The molecule has 3 nitrogen and oxygen atoms in total. The van der Waals surface area contributed by atoms with Gasteiger partial charge in [-0.1, -0.05) is 6.07 Å². The van der Waals surface area contributed by atoms with Crippen molar-refractivity contribution in [2.24, 2.45) is 0 Å². The van der Waals surface area contributed by atoms with Crippen LogP contribution in [0.1, 0.15) is 21.5 Å². The topological polar surface area (TPSA) is 55.1 Å². The van der Waals surface area contributed by atoms with E-state index in [2.05, 4.69) is 21.2 Å². The molecule has 0 heterocycles. The van der Waals surface area contributed by atoms with Gasteiger partial charge in [-0.25, -0.2) is 4.39 Å². The maximum atomic E-state index is 13.0. The minimum absolute atomic E-state index is 0.114. The second-order valence-electron chi connectivity index (χ2n) is 4.62. The molecule has 0 fully saturated rings. The number of nitrogens with two attached hydrogens (primary N) is 1. The smallest absolute Gasteiger partial charge is 0.257 e. The number of hydrogen-bond acceptors (Lipinski definition) is 2. The molecule has 0 aromatic heterocycles. The van der Waals surface area contributed by atoms with E-state index in [0.717, 1.165) is 21.7 Å².